The monoisotopic (exact) mass is 476 g/mol. The number of phenolic OH excluding ortho intramolecular Hbond substituents is 2. The average Bonchev–Trinajstić information content (AvgIpc) is 2.83. The summed E-state index contributed by atoms with van der Waals surface area (Å²) in [5.74, 6) is -1.27. The SMILES string of the molecule is COc1ccc(-c2cc(=O)c3c(O)c(OC)c(O)c([C@@H]4O[C@H](CO)[C@@H](O)[C@H](O)[C@H]4O)c3o2)cc1. The molecule has 0 aliphatic carbocycles. The van der Waals surface area contributed by atoms with Crippen molar-refractivity contribution in [2.45, 2.75) is 30.5 Å². The second kappa shape index (κ2) is 9.12. The number of aliphatic hydroxyl groups is 4. The first kappa shape index (κ1) is 23.8. The van der Waals surface area contributed by atoms with Gasteiger partial charge in [0, 0.05) is 11.6 Å². The molecule has 0 bridgehead atoms. The van der Waals surface area contributed by atoms with E-state index in [9.17, 15) is 35.4 Å². The highest BCUT2D eigenvalue weighted by Crippen LogP contribution is 2.50. The fraction of sp³-hybridized carbons (Fsp3) is 0.348. The van der Waals surface area contributed by atoms with Crippen molar-refractivity contribution in [1.29, 1.82) is 0 Å². The van der Waals surface area contributed by atoms with Gasteiger partial charge in [-0.1, -0.05) is 0 Å². The highest BCUT2D eigenvalue weighted by Gasteiger charge is 2.46. The number of fused-ring (bicyclic) bond motifs is 1. The third-order valence-corrected chi connectivity index (χ3v) is 5.87. The zero-order chi connectivity index (χ0) is 24.7. The van der Waals surface area contributed by atoms with Crippen LogP contribution in [0.1, 0.15) is 11.7 Å². The molecule has 0 saturated carbocycles. The lowest BCUT2D eigenvalue weighted by Gasteiger charge is -2.40. The Labute approximate surface area is 192 Å². The Morgan fingerprint density at radius 2 is 1.62 bits per heavy atom. The zero-order valence-corrected chi connectivity index (χ0v) is 18.2. The number of aliphatic hydroxyl groups excluding tert-OH is 4. The van der Waals surface area contributed by atoms with Crippen molar-refractivity contribution in [1.82, 2.24) is 0 Å². The second-order valence-electron chi connectivity index (χ2n) is 7.80. The molecule has 2 aromatic carbocycles. The van der Waals surface area contributed by atoms with E-state index in [4.69, 9.17) is 18.6 Å². The molecule has 1 fully saturated rings. The lowest BCUT2D eigenvalue weighted by atomic mass is 9.89. The number of hydrogen-bond donors (Lipinski definition) is 6. The van der Waals surface area contributed by atoms with Gasteiger partial charge in [0.2, 0.25) is 5.75 Å². The van der Waals surface area contributed by atoms with E-state index in [2.05, 4.69) is 0 Å². The Morgan fingerprint density at radius 3 is 2.21 bits per heavy atom. The summed E-state index contributed by atoms with van der Waals surface area (Å²) in [5.41, 5.74) is -0.865. The lowest BCUT2D eigenvalue weighted by molar-refractivity contribution is -0.231. The molecule has 1 saturated heterocycles. The van der Waals surface area contributed by atoms with Gasteiger partial charge in [0.25, 0.3) is 0 Å². The van der Waals surface area contributed by atoms with E-state index >= 15 is 0 Å². The van der Waals surface area contributed by atoms with Gasteiger partial charge < -0.3 is 49.3 Å². The first-order valence-corrected chi connectivity index (χ1v) is 10.3. The highest BCUT2D eigenvalue weighted by molar-refractivity contribution is 5.93. The minimum atomic E-state index is -1.80. The summed E-state index contributed by atoms with van der Waals surface area (Å²) in [6.07, 6.45) is -8.07. The molecule has 0 unspecified atom stereocenters. The summed E-state index contributed by atoms with van der Waals surface area (Å²) in [5, 5.41) is 61.7. The maximum Gasteiger partial charge on any atom is 0.204 e. The molecule has 2 heterocycles. The van der Waals surface area contributed by atoms with Crippen molar-refractivity contribution < 1.29 is 49.3 Å². The summed E-state index contributed by atoms with van der Waals surface area (Å²) in [7, 11) is 2.64. The van der Waals surface area contributed by atoms with E-state index in [1.165, 1.54) is 7.11 Å². The van der Waals surface area contributed by atoms with Crippen LogP contribution in [0.25, 0.3) is 22.3 Å². The van der Waals surface area contributed by atoms with Gasteiger partial charge in [-0.15, -0.1) is 0 Å². The highest BCUT2D eigenvalue weighted by atomic mass is 16.5. The lowest BCUT2D eigenvalue weighted by Crippen LogP contribution is -2.55. The number of rotatable bonds is 5. The van der Waals surface area contributed by atoms with Crippen LogP contribution in [-0.4, -0.2) is 75.9 Å². The molecule has 0 amide bonds. The van der Waals surface area contributed by atoms with Crippen LogP contribution in [0.4, 0.5) is 0 Å². The first-order valence-electron chi connectivity index (χ1n) is 10.3. The third kappa shape index (κ3) is 3.73. The predicted molar refractivity (Wildman–Crippen MR) is 117 cm³/mol. The Balaban J connectivity index is 2.01. The van der Waals surface area contributed by atoms with Crippen molar-refractivity contribution in [3.8, 4) is 34.3 Å². The van der Waals surface area contributed by atoms with Crippen LogP contribution in [0.5, 0.6) is 23.0 Å². The fourth-order valence-corrected chi connectivity index (χ4v) is 4.06. The maximum atomic E-state index is 13.0. The van der Waals surface area contributed by atoms with E-state index in [0.717, 1.165) is 13.2 Å². The second-order valence-corrected chi connectivity index (χ2v) is 7.80. The van der Waals surface area contributed by atoms with Crippen LogP contribution in [0.3, 0.4) is 0 Å². The topological polar surface area (TPSA) is 179 Å². The standard InChI is InChI=1S/C23H24O11/c1-31-10-5-3-9(4-6-10)12-7-11(25)14-17(27)23(32-2)18(28)15(21(14)33-12)22-20(30)19(29)16(26)13(8-24)34-22/h3-7,13,16,19-20,22,24,26-30H,8H2,1-2H3/t13-,16-,19+,20-,22+/m1/s1. The number of ether oxygens (including phenoxy) is 3. The van der Waals surface area contributed by atoms with Crippen molar-refractivity contribution in [2.24, 2.45) is 0 Å². The summed E-state index contributed by atoms with van der Waals surface area (Å²) >= 11 is 0. The van der Waals surface area contributed by atoms with Crippen molar-refractivity contribution in [3.63, 3.8) is 0 Å². The number of hydrogen-bond acceptors (Lipinski definition) is 11. The van der Waals surface area contributed by atoms with Gasteiger partial charge in [0.05, 0.1) is 26.4 Å². The van der Waals surface area contributed by atoms with E-state index in [1.54, 1.807) is 24.3 Å². The minimum absolute atomic E-state index is 0.0648. The Kier molecular flexibility index (Phi) is 6.39. The molecule has 11 heteroatoms. The fourth-order valence-electron chi connectivity index (χ4n) is 4.06. The minimum Gasteiger partial charge on any atom is -0.504 e. The van der Waals surface area contributed by atoms with Gasteiger partial charge in [-0.05, 0) is 24.3 Å². The molecule has 1 aliphatic heterocycles. The van der Waals surface area contributed by atoms with E-state index in [1.807, 2.05) is 0 Å². The Hall–Kier alpha value is -3.35. The Bertz CT molecular complexity index is 1250. The number of aromatic hydroxyl groups is 2. The van der Waals surface area contributed by atoms with Crippen LogP contribution >= 0.6 is 0 Å². The molecule has 0 radical (unpaired) electrons. The average molecular weight is 476 g/mol. The molecule has 0 spiro atoms. The first-order chi connectivity index (χ1) is 16.2. The number of benzene rings is 2. The Morgan fingerprint density at radius 1 is 0.941 bits per heavy atom. The van der Waals surface area contributed by atoms with Crippen LogP contribution in [0.2, 0.25) is 0 Å². The van der Waals surface area contributed by atoms with E-state index in [-0.39, 0.29) is 22.3 Å². The number of methoxy groups -OCH3 is 2. The maximum absolute atomic E-state index is 13.0. The summed E-state index contributed by atoms with van der Waals surface area (Å²) in [4.78, 5) is 13.0. The summed E-state index contributed by atoms with van der Waals surface area (Å²) < 4.78 is 21.7. The van der Waals surface area contributed by atoms with Crippen molar-refractivity contribution >= 4 is 11.0 Å². The van der Waals surface area contributed by atoms with Crippen LogP contribution in [0, 0.1) is 0 Å². The van der Waals surface area contributed by atoms with Gasteiger partial charge >= 0.3 is 0 Å². The molecule has 34 heavy (non-hydrogen) atoms. The van der Waals surface area contributed by atoms with Gasteiger partial charge in [0.15, 0.2) is 22.5 Å². The van der Waals surface area contributed by atoms with E-state index in [0.29, 0.717) is 11.3 Å². The molecule has 5 atom stereocenters. The molecule has 4 rings (SSSR count). The van der Waals surface area contributed by atoms with Gasteiger partial charge in [-0.2, -0.15) is 0 Å². The molecule has 182 valence electrons. The number of phenols is 2. The van der Waals surface area contributed by atoms with Crippen LogP contribution in [0.15, 0.2) is 39.5 Å². The third-order valence-electron chi connectivity index (χ3n) is 5.87. The molecule has 3 aromatic rings. The molecule has 1 aromatic heterocycles. The van der Waals surface area contributed by atoms with Crippen molar-refractivity contribution in [3.05, 3.63) is 46.1 Å². The van der Waals surface area contributed by atoms with Crippen LogP contribution < -0.4 is 14.9 Å². The molecular formula is C23H24O11. The summed E-state index contributed by atoms with van der Waals surface area (Å²) in [6.45, 7) is -0.712. The molecular weight excluding hydrogens is 452 g/mol. The van der Waals surface area contributed by atoms with Gasteiger partial charge in [0.1, 0.15) is 47.4 Å². The van der Waals surface area contributed by atoms with Crippen molar-refractivity contribution in [2.75, 3.05) is 20.8 Å². The normalized spacial score (nSPS) is 24.8. The largest absolute Gasteiger partial charge is 0.504 e. The van der Waals surface area contributed by atoms with Crippen LogP contribution in [-0.2, 0) is 4.74 Å². The quantitative estimate of drug-likeness (QED) is 0.300. The zero-order valence-electron chi connectivity index (χ0n) is 18.2. The molecule has 6 N–H and O–H groups in total. The van der Waals surface area contributed by atoms with Gasteiger partial charge in [-0.25, -0.2) is 0 Å². The predicted octanol–water partition coefficient (Wildman–Crippen LogP) is 0.403. The van der Waals surface area contributed by atoms with Gasteiger partial charge in [-0.3, -0.25) is 4.79 Å². The summed E-state index contributed by atoms with van der Waals surface area (Å²) in [6, 6.07) is 7.67. The molecule has 11 nitrogen and oxygen atoms in total. The molecule has 1 aliphatic rings. The smallest absolute Gasteiger partial charge is 0.204 e. The van der Waals surface area contributed by atoms with E-state index < -0.39 is 59.8 Å².